The molecule has 2 aliphatic heterocycles. The zero-order chi connectivity index (χ0) is 21.0. The molecule has 2 N–H and O–H groups in total. The van der Waals surface area contributed by atoms with Crippen molar-refractivity contribution in [2.75, 3.05) is 0 Å². The summed E-state index contributed by atoms with van der Waals surface area (Å²) in [7, 11) is 0. The second-order valence-electron chi connectivity index (χ2n) is 8.60. The normalized spacial score (nSPS) is 20.6. The van der Waals surface area contributed by atoms with Crippen LogP contribution < -0.4 is 10.6 Å². The highest BCUT2D eigenvalue weighted by atomic mass is 16.2. The maximum absolute atomic E-state index is 12.4. The van der Waals surface area contributed by atoms with Crippen LogP contribution in [0.25, 0.3) is 0 Å². The molecule has 28 heavy (non-hydrogen) atoms. The molecule has 0 aromatic heterocycles. The van der Waals surface area contributed by atoms with Gasteiger partial charge in [-0.15, -0.1) is 0 Å². The van der Waals surface area contributed by atoms with E-state index in [2.05, 4.69) is 10.6 Å². The van der Waals surface area contributed by atoms with Gasteiger partial charge in [-0.1, -0.05) is 12.1 Å². The number of benzene rings is 1. The summed E-state index contributed by atoms with van der Waals surface area (Å²) in [6.07, 6.45) is 0. The number of urea groups is 2. The topological polar surface area (TPSA) is 98.8 Å². The lowest BCUT2D eigenvalue weighted by atomic mass is 9.98. The third kappa shape index (κ3) is 3.23. The number of rotatable bonds is 4. The van der Waals surface area contributed by atoms with E-state index in [4.69, 9.17) is 0 Å². The second kappa shape index (κ2) is 6.32. The number of hydrogen-bond acceptors (Lipinski definition) is 4. The molecule has 3 rings (SSSR count). The van der Waals surface area contributed by atoms with Crippen molar-refractivity contribution in [3.8, 4) is 0 Å². The maximum Gasteiger partial charge on any atom is 0.325 e. The number of nitrogens with zero attached hydrogens (tertiary/aromatic N) is 2. The maximum atomic E-state index is 12.4. The van der Waals surface area contributed by atoms with Crippen LogP contribution in [-0.4, -0.2) is 44.8 Å². The standard InChI is InChI=1S/C20H26N4O4/c1-11-7-14(10-24-16(26)20(5,6)22-18(24)28)12(2)8-13(11)9-23-15(25)19(3,4)21-17(23)27/h7-8H,9-10H2,1-6H3,(H,21,27)(H,22,28). The molecular weight excluding hydrogens is 360 g/mol. The fraction of sp³-hybridized carbons (Fsp3) is 0.500. The van der Waals surface area contributed by atoms with E-state index < -0.39 is 23.1 Å². The molecule has 8 nitrogen and oxygen atoms in total. The monoisotopic (exact) mass is 386 g/mol. The summed E-state index contributed by atoms with van der Waals surface area (Å²) in [6, 6.07) is 3.00. The lowest BCUT2D eigenvalue weighted by Crippen LogP contribution is -2.40. The van der Waals surface area contributed by atoms with Crippen LogP contribution in [0.5, 0.6) is 0 Å². The first-order valence-corrected chi connectivity index (χ1v) is 9.21. The molecule has 2 fully saturated rings. The van der Waals surface area contributed by atoms with Crippen LogP contribution in [0.3, 0.4) is 0 Å². The molecular formula is C20H26N4O4. The zero-order valence-corrected chi connectivity index (χ0v) is 17.1. The molecule has 1 aromatic carbocycles. The predicted octanol–water partition coefficient (Wildman–Crippen LogP) is 1.96. The van der Waals surface area contributed by atoms with Crippen LogP contribution >= 0.6 is 0 Å². The molecule has 0 saturated carbocycles. The molecule has 0 radical (unpaired) electrons. The Morgan fingerprint density at radius 2 is 1.04 bits per heavy atom. The van der Waals surface area contributed by atoms with Gasteiger partial charge in [0.2, 0.25) is 0 Å². The quantitative estimate of drug-likeness (QED) is 0.773. The molecule has 2 saturated heterocycles. The van der Waals surface area contributed by atoms with E-state index in [1.807, 2.05) is 26.0 Å². The molecule has 1 aromatic rings. The van der Waals surface area contributed by atoms with Gasteiger partial charge in [-0.25, -0.2) is 9.59 Å². The van der Waals surface area contributed by atoms with Gasteiger partial charge in [0, 0.05) is 0 Å². The molecule has 0 spiro atoms. The van der Waals surface area contributed by atoms with Crippen LogP contribution in [0.4, 0.5) is 9.59 Å². The Hall–Kier alpha value is -2.90. The summed E-state index contributed by atoms with van der Waals surface area (Å²) >= 11 is 0. The lowest BCUT2D eigenvalue weighted by molar-refractivity contribution is -0.131. The van der Waals surface area contributed by atoms with Gasteiger partial charge in [0.15, 0.2) is 0 Å². The summed E-state index contributed by atoms with van der Waals surface area (Å²) in [6.45, 7) is 10.8. The minimum absolute atomic E-state index is 0.178. The van der Waals surface area contributed by atoms with Gasteiger partial charge in [-0.2, -0.15) is 0 Å². The molecule has 2 heterocycles. The van der Waals surface area contributed by atoms with E-state index in [1.54, 1.807) is 27.7 Å². The van der Waals surface area contributed by atoms with Crippen molar-refractivity contribution < 1.29 is 19.2 Å². The van der Waals surface area contributed by atoms with Gasteiger partial charge in [0.05, 0.1) is 13.1 Å². The molecule has 8 heteroatoms. The average Bonchev–Trinajstić information content (AvgIpc) is 2.88. The Morgan fingerprint density at radius 3 is 1.29 bits per heavy atom. The SMILES string of the molecule is Cc1cc(CN2C(=O)NC(C)(C)C2=O)c(C)cc1CN1C(=O)NC(C)(C)C1=O. The molecule has 0 unspecified atom stereocenters. The summed E-state index contributed by atoms with van der Waals surface area (Å²) in [5.74, 6) is -0.527. The van der Waals surface area contributed by atoms with E-state index >= 15 is 0 Å². The first-order chi connectivity index (χ1) is 12.8. The van der Waals surface area contributed by atoms with Crippen molar-refractivity contribution in [3.63, 3.8) is 0 Å². The smallest absolute Gasteiger partial charge is 0.324 e. The van der Waals surface area contributed by atoms with Gasteiger partial charge in [-0.05, 0) is 63.8 Å². The molecule has 150 valence electrons. The first-order valence-electron chi connectivity index (χ1n) is 9.21. The number of nitrogens with one attached hydrogen (secondary N) is 2. The minimum atomic E-state index is -0.906. The molecule has 0 atom stereocenters. The third-order valence-corrected chi connectivity index (χ3v) is 5.34. The van der Waals surface area contributed by atoms with Crippen molar-refractivity contribution in [2.45, 2.75) is 65.7 Å². The van der Waals surface area contributed by atoms with Gasteiger partial charge in [0.1, 0.15) is 11.1 Å². The van der Waals surface area contributed by atoms with E-state index in [0.29, 0.717) is 0 Å². The van der Waals surface area contributed by atoms with E-state index in [9.17, 15) is 19.2 Å². The van der Waals surface area contributed by atoms with E-state index in [0.717, 1.165) is 22.3 Å². The summed E-state index contributed by atoms with van der Waals surface area (Å²) in [5, 5.41) is 5.35. The van der Waals surface area contributed by atoms with Gasteiger partial charge in [-0.3, -0.25) is 19.4 Å². The van der Waals surface area contributed by atoms with Crippen molar-refractivity contribution in [1.82, 2.24) is 20.4 Å². The van der Waals surface area contributed by atoms with Crippen LogP contribution in [0.15, 0.2) is 12.1 Å². The van der Waals surface area contributed by atoms with Crippen LogP contribution in [-0.2, 0) is 22.7 Å². The Bertz CT molecular complexity index is 830. The van der Waals surface area contributed by atoms with Gasteiger partial charge >= 0.3 is 12.1 Å². The molecule has 2 aliphatic rings. The van der Waals surface area contributed by atoms with E-state index in [-0.39, 0.29) is 24.9 Å². The number of imide groups is 2. The minimum Gasteiger partial charge on any atom is -0.324 e. The Kier molecular flexibility index (Phi) is 4.48. The highest BCUT2D eigenvalue weighted by molar-refractivity contribution is 6.07. The fourth-order valence-corrected chi connectivity index (χ4v) is 3.54. The van der Waals surface area contributed by atoms with Crippen LogP contribution in [0.1, 0.15) is 49.9 Å². The lowest BCUT2D eigenvalue weighted by Gasteiger charge is -2.20. The average molecular weight is 386 g/mol. The van der Waals surface area contributed by atoms with Crippen molar-refractivity contribution in [2.24, 2.45) is 0 Å². The molecule has 0 aliphatic carbocycles. The van der Waals surface area contributed by atoms with Crippen LogP contribution in [0, 0.1) is 13.8 Å². The first kappa shape index (κ1) is 19.9. The van der Waals surface area contributed by atoms with Crippen molar-refractivity contribution in [1.29, 1.82) is 0 Å². The summed E-state index contributed by atoms with van der Waals surface area (Å²) in [4.78, 5) is 51.5. The molecule has 6 amide bonds. The third-order valence-electron chi connectivity index (χ3n) is 5.34. The number of amides is 6. The highest BCUT2D eigenvalue weighted by Crippen LogP contribution is 2.25. The van der Waals surface area contributed by atoms with Crippen molar-refractivity contribution >= 4 is 23.9 Å². The zero-order valence-electron chi connectivity index (χ0n) is 17.1. The fourth-order valence-electron chi connectivity index (χ4n) is 3.54. The van der Waals surface area contributed by atoms with Gasteiger partial charge < -0.3 is 10.6 Å². The number of hydrogen-bond donors (Lipinski definition) is 2. The Morgan fingerprint density at radius 1 is 0.714 bits per heavy atom. The number of carbonyl (C=O) groups excluding carboxylic acids is 4. The predicted molar refractivity (Wildman–Crippen MR) is 102 cm³/mol. The van der Waals surface area contributed by atoms with Crippen molar-refractivity contribution in [3.05, 3.63) is 34.4 Å². The van der Waals surface area contributed by atoms with E-state index in [1.165, 1.54) is 9.80 Å². The number of aryl methyl sites for hydroxylation is 2. The molecule has 0 bridgehead atoms. The Balaban J connectivity index is 1.82. The largest absolute Gasteiger partial charge is 0.325 e. The summed E-state index contributed by atoms with van der Waals surface area (Å²) < 4.78 is 0. The second-order valence-corrected chi connectivity index (χ2v) is 8.60. The van der Waals surface area contributed by atoms with Crippen LogP contribution in [0.2, 0.25) is 0 Å². The van der Waals surface area contributed by atoms with Gasteiger partial charge in [0.25, 0.3) is 11.8 Å². The Labute approximate surface area is 164 Å². The number of carbonyl (C=O) groups is 4. The summed E-state index contributed by atoms with van der Waals surface area (Å²) in [5.41, 5.74) is 1.65. The highest BCUT2D eigenvalue weighted by Gasteiger charge is 2.45.